The van der Waals surface area contributed by atoms with Crippen LogP contribution in [-0.4, -0.2) is 10.4 Å². The van der Waals surface area contributed by atoms with Gasteiger partial charge in [0.25, 0.3) is 5.56 Å². The van der Waals surface area contributed by atoms with Gasteiger partial charge in [0, 0.05) is 24.7 Å². The Morgan fingerprint density at radius 3 is 2.60 bits per heavy atom. The van der Waals surface area contributed by atoms with Gasteiger partial charge in [0.1, 0.15) is 5.82 Å². The zero-order chi connectivity index (χ0) is 14.5. The van der Waals surface area contributed by atoms with Gasteiger partial charge < -0.3 is 4.57 Å². The largest absolute Gasteiger partial charge is 0.315 e. The summed E-state index contributed by atoms with van der Waals surface area (Å²) >= 11 is 3.17. The summed E-state index contributed by atoms with van der Waals surface area (Å²) in [5, 5.41) is 0. The Kier molecular flexibility index (Phi) is 4.84. The molecular formula is C15H13BrFNO2. The summed E-state index contributed by atoms with van der Waals surface area (Å²) in [5.74, 6) is -0.407. The number of hydrogen-bond acceptors (Lipinski definition) is 2. The Morgan fingerprint density at radius 2 is 1.90 bits per heavy atom. The number of rotatable bonds is 5. The van der Waals surface area contributed by atoms with E-state index in [1.165, 1.54) is 24.3 Å². The Bertz CT molecular complexity index is 664. The zero-order valence-electron chi connectivity index (χ0n) is 10.7. The molecule has 1 aromatic heterocycles. The van der Waals surface area contributed by atoms with Gasteiger partial charge in [-0.15, -0.1) is 0 Å². The van der Waals surface area contributed by atoms with Crippen LogP contribution in [0.15, 0.2) is 51.9 Å². The lowest BCUT2D eigenvalue weighted by atomic mass is 10.1. The third-order valence-electron chi connectivity index (χ3n) is 2.94. The van der Waals surface area contributed by atoms with Crippen LogP contribution in [0.2, 0.25) is 0 Å². The summed E-state index contributed by atoms with van der Waals surface area (Å²) in [6, 6.07) is 8.94. The number of carbonyl (C=O) groups excluding carboxylic acids is 1. The molecule has 2 aromatic rings. The molecule has 1 heterocycles. The zero-order valence-corrected chi connectivity index (χ0v) is 12.3. The lowest BCUT2D eigenvalue weighted by Crippen LogP contribution is -2.20. The second-order valence-electron chi connectivity index (χ2n) is 4.39. The molecule has 0 atom stereocenters. The van der Waals surface area contributed by atoms with Gasteiger partial charge in [0.15, 0.2) is 5.78 Å². The molecule has 0 amide bonds. The summed E-state index contributed by atoms with van der Waals surface area (Å²) < 4.78 is 14.8. The monoisotopic (exact) mass is 337 g/mol. The molecule has 20 heavy (non-hydrogen) atoms. The third-order valence-corrected chi connectivity index (χ3v) is 3.55. The van der Waals surface area contributed by atoms with Crippen LogP contribution in [0.3, 0.4) is 0 Å². The van der Waals surface area contributed by atoms with Gasteiger partial charge in [0.05, 0.1) is 4.47 Å². The first-order valence-electron chi connectivity index (χ1n) is 6.21. The van der Waals surface area contributed by atoms with Crippen molar-refractivity contribution in [3.05, 3.63) is 68.8 Å². The van der Waals surface area contributed by atoms with E-state index in [4.69, 9.17) is 0 Å². The average Bonchev–Trinajstić information content (AvgIpc) is 2.44. The first-order chi connectivity index (χ1) is 9.58. The van der Waals surface area contributed by atoms with Gasteiger partial charge in [-0.1, -0.05) is 0 Å². The minimum atomic E-state index is -0.359. The Labute approximate surface area is 124 Å². The number of halogens is 2. The fourth-order valence-corrected chi connectivity index (χ4v) is 2.25. The number of benzene rings is 1. The summed E-state index contributed by atoms with van der Waals surface area (Å²) in [5.41, 5.74) is 0.384. The first-order valence-corrected chi connectivity index (χ1v) is 7.01. The maximum atomic E-state index is 12.8. The van der Waals surface area contributed by atoms with Crippen LogP contribution in [0.5, 0.6) is 0 Å². The van der Waals surface area contributed by atoms with Crippen molar-refractivity contribution in [1.29, 1.82) is 0 Å². The van der Waals surface area contributed by atoms with Gasteiger partial charge in [-0.25, -0.2) is 4.39 Å². The average molecular weight is 338 g/mol. The molecule has 1 aromatic carbocycles. The van der Waals surface area contributed by atoms with Crippen molar-refractivity contribution in [3.8, 4) is 0 Å². The van der Waals surface area contributed by atoms with Crippen molar-refractivity contribution in [2.24, 2.45) is 0 Å². The second kappa shape index (κ2) is 6.61. The van der Waals surface area contributed by atoms with Crippen molar-refractivity contribution in [2.75, 3.05) is 0 Å². The number of hydrogen-bond donors (Lipinski definition) is 0. The molecule has 0 spiro atoms. The van der Waals surface area contributed by atoms with Crippen LogP contribution in [0, 0.1) is 5.82 Å². The van der Waals surface area contributed by atoms with E-state index in [0.717, 1.165) is 0 Å². The van der Waals surface area contributed by atoms with E-state index in [1.807, 2.05) is 0 Å². The van der Waals surface area contributed by atoms with Crippen molar-refractivity contribution in [2.45, 2.75) is 19.4 Å². The summed E-state index contributed by atoms with van der Waals surface area (Å²) in [6.07, 6.45) is 2.58. The topological polar surface area (TPSA) is 39.1 Å². The molecular weight excluding hydrogens is 325 g/mol. The van der Waals surface area contributed by atoms with Crippen LogP contribution >= 0.6 is 15.9 Å². The Morgan fingerprint density at radius 1 is 1.20 bits per heavy atom. The number of nitrogens with zero attached hydrogens (tertiary/aromatic N) is 1. The number of pyridine rings is 1. The number of carbonyl (C=O) groups is 1. The number of Topliss-reactive ketones (excluding diaryl/α,β-unsaturated/α-hetero) is 1. The molecule has 0 aliphatic carbocycles. The predicted octanol–water partition coefficient (Wildman–Crippen LogP) is 3.41. The van der Waals surface area contributed by atoms with E-state index < -0.39 is 0 Å². The van der Waals surface area contributed by atoms with E-state index >= 15 is 0 Å². The molecule has 0 saturated carbocycles. The SMILES string of the molecule is O=C(CCCn1cccc(Br)c1=O)c1ccc(F)cc1. The molecule has 0 fully saturated rings. The fraction of sp³-hybridized carbons (Fsp3) is 0.200. The Hall–Kier alpha value is -1.75. The quantitative estimate of drug-likeness (QED) is 0.784. The van der Waals surface area contributed by atoms with E-state index in [0.29, 0.717) is 29.4 Å². The summed E-state index contributed by atoms with van der Waals surface area (Å²) in [6.45, 7) is 0.477. The fourth-order valence-electron chi connectivity index (χ4n) is 1.87. The van der Waals surface area contributed by atoms with Gasteiger partial charge in [0.2, 0.25) is 0 Å². The molecule has 0 radical (unpaired) electrons. The highest BCUT2D eigenvalue weighted by Gasteiger charge is 2.06. The van der Waals surface area contributed by atoms with Crippen molar-refractivity contribution in [3.63, 3.8) is 0 Å². The van der Waals surface area contributed by atoms with E-state index in [-0.39, 0.29) is 17.2 Å². The standard InChI is InChI=1S/C15H13BrFNO2/c16-13-3-1-9-18(15(13)20)10-2-4-14(19)11-5-7-12(17)8-6-11/h1,3,5-9H,2,4,10H2. The molecule has 0 aliphatic heterocycles. The highest BCUT2D eigenvalue weighted by molar-refractivity contribution is 9.10. The number of aryl methyl sites for hydroxylation is 1. The minimum absolute atomic E-state index is 0.0481. The maximum Gasteiger partial charge on any atom is 0.264 e. The lowest BCUT2D eigenvalue weighted by molar-refractivity contribution is 0.0978. The van der Waals surface area contributed by atoms with Gasteiger partial charge in [-0.3, -0.25) is 9.59 Å². The second-order valence-corrected chi connectivity index (χ2v) is 5.24. The van der Waals surface area contributed by atoms with Crippen LogP contribution in [0.25, 0.3) is 0 Å². The highest BCUT2D eigenvalue weighted by Crippen LogP contribution is 2.08. The van der Waals surface area contributed by atoms with Crippen LogP contribution in [0.4, 0.5) is 4.39 Å². The highest BCUT2D eigenvalue weighted by atomic mass is 79.9. The van der Waals surface area contributed by atoms with E-state index in [9.17, 15) is 14.0 Å². The minimum Gasteiger partial charge on any atom is -0.315 e. The Balaban J connectivity index is 1.93. The lowest BCUT2D eigenvalue weighted by Gasteiger charge is -2.05. The van der Waals surface area contributed by atoms with Crippen LogP contribution in [0.1, 0.15) is 23.2 Å². The van der Waals surface area contributed by atoms with Gasteiger partial charge in [-0.2, -0.15) is 0 Å². The number of ketones is 1. The van der Waals surface area contributed by atoms with Gasteiger partial charge >= 0.3 is 0 Å². The molecule has 0 unspecified atom stereocenters. The van der Waals surface area contributed by atoms with Crippen molar-refractivity contribution in [1.82, 2.24) is 4.57 Å². The molecule has 5 heteroatoms. The molecule has 0 aliphatic rings. The normalized spacial score (nSPS) is 10.5. The molecule has 0 N–H and O–H groups in total. The summed E-state index contributed by atoms with van der Waals surface area (Å²) in [4.78, 5) is 23.6. The molecule has 0 bridgehead atoms. The summed E-state index contributed by atoms with van der Waals surface area (Å²) in [7, 11) is 0. The predicted molar refractivity (Wildman–Crippen MR) is 78.4 cm³/mol. The third kappa shape index (κ3) is 3.63. The van der Waals surface area contributed by atoms with Crippen molar-refractivity contribution < 1.29 is 9.18 Å². The molecule has 0 saturated heterocycles. The van der Waals surface area contributed by atoms with E-state index in [1.54, 1.807) is 22.9 Å². The van der Waals surface area contributed by atoms with Crippen LogP contribution < -0.4 is 5.56 Å². The van der Waals surface area contributed by atoms with E-state index in [2.05, 4.69) is 15.9 Å². The van der Waals surface area contributed by atoms with Crippen molar-refractivity contribution >= 4 is 21.7 Å². The molecule has 2 rings (SSSR count). The molecule has 104 valence electrons. The smallest absolute Gasteiger partial charge is 0.264 e. The van der Waals surface area contributed by atoms with Gasteiger partial charge in [-0.05, 0) is 58.7 Å². The molecule has 3 nitrogen and oxygen atoms in total. The van der Waals surface area contributed by atoms with Crippen LogP contribution in [-0.2, 0) is 6.54 Å². The first kappa shape index (κ1) is 14.7. The number of aromatic nitrogens is 1. The maximum absolute atomic E-state index is 12.8.